The Hall–Kier alpha value is -0.800. The molecule has 1 rings (SSSR count). The number of hydrogen-bond donors (Lipinski definition) is 0. The van der Waals surface area contributed by atoms with Crippen LogP contribution < -0.4 is 0 Å². The zero-order chi connectivity index (χ0) is 11.4. The van der Waals surface area contributed by atoms with Crippen molar-refractivity contribution in [3.63, 3.8) is 0 Å². The van der Waals surface area contributed by atoms with E-state index in [1.807, 2.05) is 13.8 Å². The summed E-state index contributed by atoms with van der Waals surface area (Å²) in [7, 11) is 0. The second kappa shape index (κ2) is 5.17. The molecule has 0 spiro atoms. The molecular weight excluding hydrogens is 196 g/mol. The summed E-state index contributed by atoms with van der Waals surface area (Å²) in [5.41, 5.74) is -0.381. The van der Waals surface area contributed by atoms with Crippen molar-refractivity contribution in [2.45, 2.75) is 39.8 Å². The summed E-state index contributed by atoms with van der Waals surface area (Å²) in [6.45, 7) is 5.50. The molecule has 0 aliphatic heterocycles. The van der Waals surface area contributed by atoms with Gasteiger partial charge in [-0.3, -0.25) is 0 Å². The number of hydrogen-bond acceptors (Lipinski definition) is 0. The summed E-state index contributed by atoms with van der Waals surface area (Å²) in [5.74, 6) is -0.742. The Kier molecular flexibility index (Phi) is 4.88. The third kappa shape index (κ3) is 3.52. The Morgan fingerprint density at radius 1 is 1.14 bits per heavy atom. The molecule has 14 heavy (non-hydrogen) atoms. The molecule has 0 unspecified atom stereocenters. The highest BCUT2D eigenvalue weighted by Crippen LogP contribution is 2.35. The molecule has 0 bridgehead atoms. The zero-order valence-electron chi connectivity index (χ0n) is 8.50. The minimum atomic E-state index is -4.38. The smallest absolute Gasteiger partial charge is 0.207 e. The fourth-order valence-electron chi connectivity index (χ4n) is 1.01. The minimum absolute atomic E-state index is 0.108. The van der Waals surface area contributed by atoms with Crippen molar-refractivity contribution in [1.29, 1.82) is 0 Å². The highest BCUT2D eigenvalue weighted by molar-refractivity contribution is 5.30. The summed E-state index contributed by atoms with van der Waals surface area (Å²) in [6.07, 6.45) is -3.74. The van der Waals surface area contributed by atoms with Crippen molar-refractivity contribution in [3.05, 3.63) is 23.0 Å². The van der Waals surface area contributed by atoms with Gasteiger partial charge in [0.1, 0.15) is 5.83 Å². The second-order valence-electron chi connectivity index (χ2n) is 2.80. The van der Waals surface area contributed by atoms with Crippen LogP contribution in [-0.2, 0) is 0 Å². The first-order valence-electron chi connectivity index (χ1n) is 4.54. The molecule has 0 saturated heterocycles. The quantitative estimate of drug-likeness (QED) is 0.515. The van der Waals surface area contributed by atoms with Crippen LogP contribution in [0.1, 0.15) is 33.6 Å². The summed E-state index contributed by atoms with van der Waals surface area (Å²) >= 11 is 0. The SMILES string of the molecule is CC.CC1=C(F)C=C(C(F)(F)F)CC1. The van der Waals surface area contributed by atoms with Gasteiger partial charge in [0, 0.05) is 5.57 Å². The number of alkyl halides is 3. The minimum Gasteiger partial charge on any atom is -0.207 e. The molecule has 0 amide bonds. The topological polar surface area (TPSA) is 0 Å². The molecule has 0 heterocycles. The van der Waals surface area contributed by atoms with Gasteiger partial charge in [-0.15, -0.1) is 0 Å². The lowest BCUT2D eigenvalue weighted by Crippen LogP contribution is -2.14. The van der Waals surface area contributed by atoms with E-state index in [0.717, 1.165) is 0 Å². The average molecular weight is 210 g/mol. The van der Waals surface area contributed by atoms with Crippen molar-refractivity contribution in [3.8, 4) is 0 Å². The summed E-state index contributed by atoms with van der Waals surface area (Å²) < 4.78 is 48.6. The molecule has 0 saturated carbocycles. The van der Waals surface area contributed by atoms with Crippen LogP contribution >= 0.6 is 0 Å². The van der Waals surface area contributed by atoms with Gasteiger partial charge < -0.3 is 0 Å². The van der Waals surface area contributed by atoms with E-state index in [4.69, 9.17) is 0 Å². The van der Waals surface area contributed by atoms with Gasteiger partial charge in [-0.25, -0.2) is 4.39 Å². The Balaban J connectivity index is 0.000000791. The molecule has 0 atom stereocenters. The van der Waals surface area contributed by atoms with Crippen LogP contribution in [0.15, 0.2) is 23.0 Å². The molecule has 0 aromatic carbocycles. The van der Waals surface area contributed by atoms with Gasteiger partial charge in [0.25, 0.3) is 0 Å². The zero-order valence-corrected chi connectivity index (χ0v) is 8.50. The Morgan fingerprint density at radius 3 is 2.00 bits per heavy atom. The van der Waals surface area contributed by atoms with Crippen molar-refractivity contribution < 1.29 is 17.6 Å². The molecule has 1 aliphatic carbocycles. The molecule has 4 heteroatoms. The average Bonchev–Trinajstić information content (AvgIpc) is 2.11. The highest BCUT2D eigenvalue weighted by atomic mass is 19.4. The van der Waals surface area contributed by atoms with Crippen LogP contribution in [-0.4, -0.2) is 6.18 Å². The molecule has 0 nitrogen and oxygen atoms in total. The number of allylic oxidation sites excluding steroid dienone is 4. The van der Waals surface area contributed by atoms with Gasteiger partial charge in [0.2, 0.25) is 0 Å². The second-order valence-corrected chi connectivity index (χ2v) is 2.80. The largest absolute Gasteiger partial charge is 0.412 e. The molecule has 0 fully saturated rings. The van der Waals surface area contributed by atoms with E-state index in [9.17, 15) is 17.6 Å². The van der Waals surface area contributed by atoms with E-state index in [2.05, 4.69) is 0 Å². The monoisotopic (exact) mass is 210 g/mol. The molecule has 0 aromatic heterocycles. The van der Waals surface area contributed by atoms with Gasteiger partial charge in [-0.05, 0) is 31.4 Å². The predicted molar refractivity (Wildman–Crippen MR) is 48.5 cm³/mol. The first kappa shape index (κ1) is 13.2. The van der Waals surface area contributed by atoms with Crippen LogP contribution in [0.4, 0.5) is 17.6 Å². The Bertz CT molecular complexity index is 245. The van der Waals surface area contributed by atoms with Gasteiger partial charge in [-0.1, -0.05) is 13.8 Å². The molecule has 0 aromatic rings. The van der Waals surface area contributed by atoms with Crippen LogP contribution in [0.25, 0.3) is 0 Å². The Morgan fingerprint density at radius 2 is 1.64 bits per heavy atom. The van der Waals surface area contributed by atoms with Gasteiger partial charge in [0.05, 0.1) is 0 Å². The fourth-order valence-corrected chi connectivity index (χ4v) is 1.01. The van der Waals surface area contributed by atoms with E-state index >= 15 is 0 Å². The van der Waals surface area contributed by atoms with Crippen molar-refractivity contribution in [2.75, 3.05) is 0 Å². The molecular formula is C10H14F4. The maximum atomic E-state index is 12.7. The molecule has 0 N–H and O–H groups in total. The van der Waals surface area contributed by atoms with Gasteiger partial charge in [-0.2, -0.15) is 13.2 Å². The van der Waals surface area contributed by atoms with E-state index < -0.39 is 17.6 Å². The van der Waals surface area contributed by atoms with E-state index in [0.29, 0.717) is 11.6 Å². The van der Waals surface area contributed by atoms with Crippen LogP contribution in [0.2, 0.25) is 0 Å². The van der Waals surface area contributed by atoms with Crippen molar-refractivity contribution >= 4 is 0 Å². The molecule has 1 aliphatic rings. The fraction of sp³-hybridized carbons (Fsp3) is 0.600. The normalized spacial score (nSPS) is 17.2. The van der Waals surface area contributed by atoms with Crippen molar-refractivity contribution in [1.82, 2.24) is 0 Å². The van der Waals surface area contributed by atoms with Crippen molar-refractivity contribution in [2.24, 2.45) is 0 Å². The first-order chi connectivity index (χ1) is 6.41. The van der Waals surface area contributed by atoms with Crippen LogP contribution in [0.5, 0.6) is 0 Å². The molecule has 0 radical (unpaired) electrons. The number of halogens is 4. The third-order valence-electron chi connectivity index (χ3n) is 1.84. The maximum Gasteiger partial charge on any atom is 0.412 e. The van der Waals surface area contributed by atoms with Gasteiger partial charge >= 0.3 is 6.18 Å². The highest BCUT2D eigenvalue weighted by Gasteiger charge is 2.34. The molecule has 82 valence electrons. The van der Waals surface area contributed by atoms with Crippen LogP contribution in [0.3, 0.4) is 0 Å². The van der Waals surface area contributed by atoms with E-state index in [1.54, 1.807) is 0 Å². The summed E-state index contributed by atoms with van der Waals surface area (Å²) in [5, 5.41) is 0. The summed E-state index contributed by atoms with van der Waals surface area (Å²) in [4.78, 5) is 0. The summed E-state index contributed by atoms with van der Waals surface area (Å²) in [6, 6.07) is 0. The third-order valence-corrected chi connectivity index (χ3v) is 1.84. The van der Waals surface area contributed by atoms with E-state index in [-0.39, 0.29) is 12.8 Å². The lowest BCUT2D eigenvalue weighted by Gasteiger charge is -2.15. The van der Waals surface area contributed by atoms with Crippen LogP contribution in [0, 0.1) is 0 Å². The standard InChI is InChI=1S/C8H8F4.C2H6/c1-5-2-3-6(4-7(5)9)8(10,11)12;1-2/h4H,2-3H2,1H3;1-2H3. The van der Waals surface area contributed by atoms with E-state index in [1.165, 1.54) is 6.92 Å². The lowest BCUT2D eigenvalue weighted by molar-refractivity contribution is -0.0943. The predicted octanol–water partition coefficient (Wildman–Crippen LogP) is 4.54. The first-order valence-corrected chi connectivity index (χ1v) is 4.54. The lowest BCUT2D eigenvalue weighted by atomic mass is 9.98. The van der Waals surface area contributed by atoms with Gasteiger partial charge in [0.15, 0.2) is 0 Å². The Labute approximate surface area is 81.3 Å². The number of rotatable bonds is 0. The maximum absolute atomic E-state index is 12.7.